The molecule has 1 fully saturated rings. The third-order valence-corrected chi connectivity index (χ3v) is 4.74. The van der Waals surface area contributed by atoms with Crippen molar-refractivity contribution in [2.45, 2.75) is 65.7 Å². The number of carbonyl (C=O) groups excluding carboxylic acids is 3. The van der Waals surface area contributed by atoms with Crippen LogP contribution in [0.3, 0.4) is 0 Å². The Bertz CT molecular complexity index is 662. The molecule has 0 bridgehead atoms. The normalized spacial score (nSPS) is 22.1. The summed E-state index contributed by atoms with van der Waals surface area (Å²) in [5.74, 6) is -1.89. The fraction of sp³-hybridized carbons (Fsp3) is 0.824. The summed E-state index contributed by atoms with van der Waals surface area (Å²) in [5.41, 5.74) is 0. The zero-order chi connectivity index (χ0) is 21.5. The molecule has 2 N–H and O–H groups in total. The van der Waals surface area contributed by atoms with Gasteiger partial charge >= 0.3 is 16.4 Å². The van der Waals surface area contributed by atoms with Gasteiger partial charge in [0.25, 0.3) is 5.91 Å². The van der Waals surface area contributed by atoms with Gasteiger partial charge in [0.15, 0.2) is 6.10 Å². The van der Waals surface area contributed by atoms with Gasteiger partial charge in [-0.1, -0.05) is 27.7 Å². The fourth-order valence-electron chi connectivity index (χ4n) is 2.51. The average Bonchev–Trinajstić information content (AvgIpc) is 2.89. The van der Waals surface area contributed by atoms with Crippen LogP contribution in [-0.2, 0) is 37.9 Å². The maximum absolute atomic E-state index is 12.6. The number of hydrogen-bond acceptors (Lipinski definition) is 8. The summed E-state index contributed by atoms with van der Waals surface area (Å²) in [7, 11) is -4.52. The van der Waals surface area contributed by atoms with E-state index in [1.54, 1.807) is 0 Å². The topological polar surface area (TPSA) is 137 Å². The predicted molar refractivity (Wildman–Crippen MR) is 99.1 cm³/mol. The average molecular weight is 423 g/mol. The molecule has 1 rings (SSSR count). The molecule has 10 nitrogen and oxygen atoms in total. The van der Waals surface area contributed by atoms with Crippen molar-refractivity contribution >= 4 is 28.2 Å². The van der Waals surface area contributed by atoms with Crippen molar-refractivity contribution < 1.29 is 35.9 Å². The van der Waals surface area contributed by atoms with Crippen LogP contribution in [0.4, 0.5) is 0 Å². The maximum atomic E-state index is 12.6. The van der Waals surface area contributed by atoms with Crippen LogP contribution in [0.15, 0.2) is 0 Å². The van der Waals surface area contributed by atoms with Gasteiger partial charge in [-0.2, -0.15) is 8.42 Å². The van der Waals surface area contributed by atoms with E-state index < -0.39 is 46.4 Å². The molecule has 0 aliphatic carbocycles. The Morgan fingerprint density at radius 1 is 1.04 bits per heavy atom. The third-order valence-electron chi connectivity index (χ3n) is 3.86. The Morgan fingerprint density at radius 3 is 2.18 bits per heavy atom. The van der Waals surface area contributed by atoms with Crippen LogP contribution in [0.1, 0.15) is 47.5 Å². The first kappa shape index (κ1) is 24.3. The summed E-state index contributed by atoms with van der Waals surface area (Å²) in [6.07, 6.45) is -2.42. The summed E-state index contributed by atoms with van der Waals surface area (Å²) >= 11 is 0. The first-order valence-corrected chi connectivity index (χ1v) is 10.7. The van der Waals surface area contributed by atoms with Crippen LogP contribution in [-0.4, -0.2) is 57.6 Å². The van der Waals surface area contributed by atoms with Crippen LogP contribution >= 0.6 is 0 Å². The molecule has 0 saturated carbocycles. The van der Waals surface area contributed by atoms with Gasteiger partial charge in [-0.3, -0.25) is 9.59 Å². The van der Waals surface area contributed by atoms with Gasteiger partial charge in [-0.05, 0) is 31.6 Å². The highest BCUT2D eigenvalue weighted by atomic mass is 32.3. The van der Waals surface area contributed by atoms with Gasteiger partial charge in [0.2, 0.25) is 12.0 Å². The van der Waals surface area contributed by atoms with Crippen molar-refractivity contribution in [3.05, 3.63) is 0 Å². The van der Waals surface area contributed by atoms with Gasteiger partial charge in [-0.15, -0.1) is 0 Å². The zero-order valence-corrected chi connectivity index (χ0v) is 17.7. The van der Waals surface area contributed by atoms with E-state index in [9.17, 15) is 22.8 Å². The molecule has 1 aliphatic rings. The molecular weight excluding hydrogens is 392 g/mol. The number of amides is 2. The fourth-order valence-corrected chi connectivity index (χ4v) is 3.43. The second-order valence-corrected chi connectivity index (χ2v) is 8.56. The summed E-state index contributed by atoms with van der Waals surface area (Å²) in [6.45, 7) is 9.74. The van der Waals surface area contributed by atoms with E-state index >= 15 is 0 Å². The second kappa shape index (κ2) is 10.7. The minimum atomic E-state index is -4.52. The van der Waals surface area contributed by atoms with Crippen LogP contribution < -0.4 is 10.6 Å². The van der Waals surface area contributed by atoms with E-state index in [0.29, 0.717) is 18.9 Å². The lowest BCUT2D eigenvalue weighted by Gasteiger charge is -2.22. The number of rotatable bonds is 10. The van der Waals surface area contributed by atoms with Crippen molar-refractivity contribution in [2.24, 2.45) is 11.8 Å². The molecule has 0 unspecified atom stereocenters. The highest BCUT2D eigenvalue weighted by molar-refractivity contribution is 7.82. The van der Waals surface area contributed by atoms with Gasteiger partial charge in [0, 0.05) is 6.54 Å². The Balaban J connectivity index is 2.86. The van der Waals surface area contributed by atoms with Gasteiger partial charge in [-0.25, -0.2) is 13.2 Å². The number of hydrogen-bond donors (Lipinski definition) is 2. The quantitative estimate of drug-likeness (QED) is 0.479. The smallest absolute Gasteiger partial charge is 0.401 e. The SMILES string of the molecule is CCOC(=O)[C@@H]1OS(=O)(=O)O[C@H]1C(=O)N[C@@H](CC(C)C)C(=O)NCCC(C)C. The van der Waals surface area contributed by atoms with Crippen LogP contribution in [0.2, 0.25) is 0 Å². The number of nitrogens with one attached hydrogen (secondary N) is 2. The Labute approximate surface area is 166 Å². The van der Waals surface area contributed by atoms with E-state index in [1.165, 1.54) is 6.92 Å². The number of ether oxygens (including phenoxy) is 1. The molecule has 1 heterocycles. The highest BCUT2D eigenvalue weighted by Crippen LogP contribution is 2.22. The Hall–Kier alpha value is -1.72. The lowest BCUT2D eigenvalue weighted by atomic mass is 10.0. The van der Waals surface area contributed by atoms with E-state index in [2.05, 4.69) is 19.0 Å². The van der Waals surface area contributed by atoms with E-state index in [4.69, 9.17) is 4.74 Å². The van der Waals surface area contributed by atoms with E-state index in [1.807, 2.05) is 27.7 Å². The number of esters is 1. The zero-order valence-electron chi connectivity index (χ0n) is 16.9. The summed E-state index contributed by atoms with van der Waals surface area (Å²) in [6, 6.07) is -0.908. The molecule has 0 spiro atoms. The molecule has 1 saturated heterocycles. The minimum Gasteiger partial charge on any atom is -0.464 e. The summed E-state index contributed by atoms with van der Waals surface area (Å²) < 4.78 is 37.0. The molecule has 0 radical (unpaired) electrons. The molecule has 2 amide bonds. The molecular formula is C17H30N2O8S. The first-order chi connectivity index (χ1) is 13.0. The third kappa shape index (κ3) is 7.72. The minimum absolute atomic E-state index is 0.0265. The predicted octanol–water partition coefficient (Wildman–Crippen LogP) is 0.272. The van der Waals surface area contributed by atoms with Crippen molar-refractivity contribution in [2.75, 3.05) is 13.2 Å². The molecule has 3 atom stereocenters. The molecule has 0 aromatic carbocycles. The molecule has 28 heavy (non-hydrogen) atoms. The lowest BCUT2D eigenvalue weighted by Crippen LogP contribution is -2.53. The van der Waals surface area contributed by atoms with Crippen molar-refractivity contribution in [3.8, 4) is 0 Å². The van der Waals surface area contributed by atoms with Gasteiger partial charge in [0.1, 0.15) is 6.04 Å². The molecule has 0 aromatic heterocycles. The van der Waals surface area contributed by atoms with Crippen LogP contribution in [0, 0.1) is 11.8 Å². The van der Waals surface area contributed by atoms with Crippen LogP contribution in [0.5, 0.6) is 0 Å². The Morgan fingerprint density at radius 2 is 1.64 bits per heavy atom. The summed E-state index contributed by atoms with van der Waals surface area (Å²) in [4.78, 5) is 36.9. The van der Waals surface area contributed by atoms with Crippen LogP contribution in [0.25, 0.3) is 0 Å². The maximum Gasteiger partial charge on any atom is 0.401 e. The van der Waals surface area contributed by atoms with Crippen molar-refractivity contribution in [1.29, 1.82) is 0 Å². The standard InChI is InChI=1S/C17H30N2O8S/c1-6-25-17(22)14-13(26-28(23,24)27-14)16(21)19-12(9-11(4)5)15(20)18-8-7-10(2)3/h10-14H,6-9H2,1-5H3,(H,18,20)(H,19,21)/t12-,13+,14+/m0/s1. The van der Waals surface area contributed by atoms with E-state index in [0.717, 1.165) is 6.42 Å². The molecule has 0 aromatic rings. The monoisotopic (exact) mass is 422 g/mol. The number of carbonyl (C=O) groups is 3. The van der Waals surface area contributed by atoms with Crippen molar-refractivity contribution in [3.63, 3.8) is 0 Å². The molecule has 1 aliphatic heterocycles. The summed E-state index contributed by atoms with van der Waals surface area (Å²) in [5, 5.41) is 5.22. The second-order valence-electron chi connectivity index (χ2n) is 7.36. The Kier molecular flexibility index (Phi) is 9.31. The first-order valence-electron chi connectivity index (χ1n) is 9.33. The van der Waals surface area contributed by atoms with Gasteiger partial charge < -0.3 is 15.4 Å². The van der Waals surface area contributed by atoms with Gasteiger partial charge in [0.05, 0.1) is 6.61 Å². The largest absolute Gasteiger partial charge is 0.464 e. The molecule has 11 heteroatoms. The lowest BCUT2D eigenvalue weighted by molar-refractivity contribution is -0.155. The highest BCUT2D eigenvalue weighted by Gasteiger charge is 2.50. The van der Waals surface area contributed by atoms with Crippen molar-refractivity contribution in [1.82, 2.24) is 10.6 Å². The molecule has 162 valence electrons. The van der Waals surface area contributed by atoms with E-state index in [-0.39, 0.29) is 12.5 Å².